The fourth-order valence-electron chi connectivity index (χ4n) is 2.96. The number of nitrogens with one attached hydrogen (secondary N) is 1. The molecule has 0 aliphatic carbocycles. The third-order valence-corrected chi connectivity index (χ3v) is 5.72. The number of carbonyl (C=O) groups is 1. The number of aliphatic imine (C=N–C) groups is 1. The van der Waals surface area contributed by atoms with Crippen LogP contribution in [0.3, 0.4) is 0 Å². The molecule has 1 rings (SSSR count). The van der Waals surface area contributed by atoms with E-state index in [4.69, 9.17) is 5.11 Å². The number of carboxylic acid groups (broad SMARTS) is 1. The Balaban J connectivity index is 3.27. The Morgan fingerprint density at radius 1 is 1.39 bits per heavy atom. The second-order valence-corrected chi connectivity index (χ2v) is 8.21. The Hall–Kier alpha value is -2.40. The number of hydrogen-bond donors (Lipinski definition) is 2. The summed E-state index contributed by atoms with van der Waals surface area (Å²) in [7, 11) is 0. The van der Waals surface area contributed by atoms with Gasteiger partial charge in [0.25, 0.3) is 0 Å². The van der Waals surface area contributed by atoms with Crippen LogP contribution >= 0.6 is 11.3 Å². The minimum absolute atomic E-state index is 0.110. The number of hydrogen-bond acceptors (Lipinski definition) is 4. The number of allylic oxidation sites excluding steroid dienone is 5. The Labute approximate surface area is 173 Å². The van der Waals surface area contributed by atoms with Gasteiger partial charge in [-0.25, -0.2) is 4.99 Å². The molecule has 1 heterocycles. The highest BCUT2D eigenvalue weighted by atomic mass is 32.1. The normalized spacial score (nSPS) is 13.8. The number of thiophene rings is 1. The highest BCUT2D eigenvalue weighted by Gasteiger charge is 2.29. The van der Waals surface area contributed by atoms with Crippen LogP contribution in [0.2, 0.25) is 0 Å². The van der Waals surface area contributed by atoms with Crippen molar-refractivity contribution in [3.05, 3.63) is 69.9 Å². The van der Waals surface area contributed by atoms with Gasteiger partial charge >= 0.3 is 5.97 Å². The average molecular weight is 401 g/mol. The first-order valence-electron chi connectivity index (χ1n) is 9.53. The highest BCUT2D eigenvalue weighted by molar-refractivity contribution is 7.12. The maximum absolute atomic E-state index is 10.7. The van der Waals surface area contributed by atoms with Gasteiger partial charge in [0.05, 0.1) is 0 Å². The zero-order valence-corrected chi connectivity index (χ0v) is 18.4. The predicted octanol–water partition coefficient (Wildman–Crippen LogP) is 6.13. The second kappa shape index (κ2) is 11.4. The van der Waals surface area contributed by atoms with E-state index in [2.05, 4.69) is 56.7 Å². The Bertz CT molecular complexity index is 795. The molecule has 0 aliphatic rings. The summed E-state index contributed by atoms with van der Waals surface area (Å²) in [6, 6.07) is 4.34. The van der Waals surface area contributed by atoms with Gasteiger partial charge in [-0.15, -0.1) is 11.3 Å². The van der Waals surface area contributed by atoms with Crippen molar-refractivity contribution in [3.8, 4) is 0 Å². The summed E-state index contributed by atoms with van der Waals surface area (Å²) in [5.74, 6) is 0.0151. The van der Waals surface area contributed by atoms with Crippen LogP contribution in [0.25, 0.3) is 0 Å². The first-order chi connectivity index (χ1) is 13.3. The molecule has 0 atom stereocenters. The van der Waals surface area contributed by atoms with E-state index >= 15 is 0 Å². The molecule has 5 heteroatoms. The molecule has 0 unspecified atom stereocenters. The lowest BCUT2D eigenvalue weighted by Crippen LogP contribution is -2.24. The SMILES string of the molecule is C=C/C=C(\C=C/CCC(=O)O)NC(/N=C\C)=C(\CC)C(C)(C)c1ccc(C)s1. The van der Waals surface area contributed by atoms with Crippen LogP contribution in [0.4, 0.5) is 0 Å². The summed E-state index contributed by atoms with van der Waals surface area (Å²) in [5.41, 5.74) is 1.88. The standard InChI is InChI=1S/C23H32N2O2S/c1-7-12-18(13-10-11-14-21(26)27)25-22(24-9-3)19(8-2)23(5,6)20-16-15-17(4)28-20/h7,9-10,12-13,15-16,25H,1,8,11,14H2,2-6H3,(H,26,27)/b13-10-,18-12+,22-19+,24-9-. The molecule has 0 aliphatic heterocycles. The van der Waals surface area contributed by atoms with Gasteiger partial charge in [0, 0.05) is 33.5 Å². The first kappa shape index (κ1) is 23.6. The summed E-state index contributed by atoms with van der Waals surface area (Å²) in [6.45, 7) is 14.4. The zero-order chi connectivity index (χ0) is 21.2. The van der Waals surface area contributed by atoms with Crippen molar-refractivity contribution in [2.24, 2.45) is 4.99 Å². The molecule has 0 amide bonds. The third-order valence-electron chi connectivity index (χ3n) is 4.39. The van der Waals surface area contributed by atoms with Crippen molar-refractivity contribution in [2.75, 3.05) is 0 Å². The van der Waals surface area contributed by atoms with Crippen molar-refractivity contribution < 1.29 is 9.90 Å². The van der Waals surface area contributed by atoms with E-state index in [0.717, 1.165) is 17.9 Å². The number of aryl methyl sites for hydroxylation is 1. The Morgan fingerprint density at radius 2 is 2.11 bits per heavy atom. The fraction of sp³-hybridized carbons (Fsp3) is 0.391. The summed E-state index contributed by atoms with van der Waals surface area (Å²) >= 11 is 1.81. The molecule has 2 N–H and O–H groups in total. The molecule has 1 aromatic heterocycles. The molecule has 0 saturated heterocycles. The summed E-state index contributed by atoms with van der Waals surface area (Å²) in [4.78, 5) is 17.9. The van der Waals surface area contributed by atoms with Crippen LogP contribution in [-0.2, 0) is 10.2 Å². The summed E-state index contributed by atoms with van der Waals surface area (Å²) in [6.07, 6.45) is 10.5. The van der Waals surface area contributed by atoms with Gasteiger partial charge in [-0.1, -0.05) is 39.5 Å². The van der Waals surface area contributed by atoms with E-state index in [1.54, 1.807) is 12.3 Å². The topological polar surface area (TPSA) is 61.7 Å². The molecule has 0 bridgehead atoms. The number of rotatable bonds is 11. The maximum Gasteiger partial charge on any atom is 0.303 e. The second-order valence-electron chi connectivity index (χ2n) is 6.92. The molecular formula is C23H32N2O2S. The molecule has 0 spiro atoms. The molecule has 0 fully saturated rings. The largest absolute Gasteiger partial charge is 0.481 e. The van der Waals surface area contributed by atoms with E-state index in [9.17, 15) is 4.79 Å². The maximum atomic E-state index is 10.7. The summed E-state index contributed by atoms with van der Waals surface area (Å²) in [5, 5.41) is 12.2. The third kappa shape index (κ3) is 6.97. The lowest BCUT2D eigenvalue weighted by Gasteiger charge is -2.29. The molecular weight excluding hydrogens is 368 g/mol. The van der Waals surface area contributed by atoms with E-state index in [-0.39, 0.29) is 11.8 Å². The lowest BCUT2D eigenvalue weighted by atomic mass is 9.81. The van der Waals surface area contributed by atoms with Crippen LogP contribution in [0.5, 0.6) is 0 Å². The van der Waals surface area contributed by atoms with E-state index in [1.165, 1.54) is 15.3 Å². The van der Waals surface area contributed by atoms with E-state index in [1.807, 2.05) is 36.5 Å². The minimum Gasteiger partial charge on any atom is -0.481 e. The number of carboxylic acids is 1. The minimum atomic E-state index is -0.802. The lowest BCUT2D eigenvalue weighted by molar-refractivity contribution is -0.136. The highest BCUT2D eigenvalue weighted by Crippen LogP contribution is 2.38. The van der Waals surface area contributed by atoms with Crippen molar-refractivity contribution in [3.63, 3.8) is 0 Å². The molecule has 0 radical (unpaired) electrons. The zero-order valence-electron chi connectivity index (χ0n) is 17.6. The van der Waals surface area contributed by atoms with Crippen molar-refractivity contribution in [1.29, 1.82) is 0 Å². The van der Waals surface area contributed by atoms with Gasteiger partial charge in [0.2, 0.25) is 0 Å². The Kier molecular flexibility index (Phi) is 9.66. The first-order valence-corrected chi connectivity index (χ1v) is 10.3. The number of aliphatic carboxylic acids is 1. The number of nitrogens with zero attached hydrogens (tertiary/aromatic N) is 1. The average Bonchev–Trinajstić information content (AvgIpc) is 3.06. The van der Waals surface area contributed by atoms with Gasteiger partial charge < -0.3 is 10.4 Å². The van der Waals surface area contributed by atoms with Gasteiger partial charge in [-0.05, 0) is 56.5 Å². The van der Waals surface area contributed by atoms with Crippen LogP contribution in [-0.4, -0.2) is 17.3 Å². The van der Waals surface area contributed by atoms with Gasteiger partial charge in [0.1, 0.15) is 5.82 Å². The van der Waals surface area contributed by atoms with Crippen molar-refractivity contribution >= 4 is 23.5 Å². The quantitative estimate of drug-likeness (QED) is 0.347. The predicted molar refractivity (Wildman–Crippen MR) is 121 cm³/mol. The van der Waals surface area contributed by atoms with Crippen LogP contribution < -0.4 is 5.32 Å². The Morgan fingerprint density at radius 3 is 2.61 bits per heavy atom. The van der Waals surface area contributed by atoms with Crippen molar-refractivity contribution in [2.45, 2.75) is 59.3 Å². The molecule has 4 nitrogen and oxygen atoms in total. The molecule has 0 aromatic carbocycles. The van der Waals surface area contributed by atoms with Gasteiger partial charge in [0.15, 0.2) is 0 Å². The van der Waals surface area contributed by atoms with E-state index in [0.29, 0.717) is 6.42 Å². The summed E-state index contributed by atoms with van der Waals surface area (Å²) < 4.78 is 0. The fourth-order valence-corrected chi connectivity index (χ4v) is 3.96. The van der Waals surface area contributed by atoms with E-state index < -0.39 is 5.97 Å². The smallest absolute Gasteiger partial charge is 0.303 e. The van der Waals surface area contributed by atoms with Gasteiger partial charge in [-0.2, -0.15) is 0 Å². The van der Waals surface area contributed by atoms with Crippen LogP contribution in [0.1, 0.15) is 56.7 Å². The van der Waals surface area contributed by atoms with Crippen molar-refractivity contribution in [1.82, 2.24) is 5.32 Å². The van der Waals surface area contributed by atoms with Gasteiger partial charge in [-0.3, -0.25) is 4.79 Å². The van der Waals surface area contributed by atoms with Crippen LogP contribution in [0, 0.1) is 6.92 Å². The molecule has 152 valence electrons. The van der Waals surface area contributed by atoms with Crippen LogP contribution in [0.15, 0.2) is 65.1 Å². The molecule has 28 heavy (non-hydrogen) atoms. The molecule has 1 aromatic rings. The monoisotopic (exact) mass is 400 g/mol. The molecule has 0 saturated carbocycles.